The molecule has 0 heterocycles. The molecule has 0 N–H and O–H groups in total. The lowest BCUT2D eigenvalue weighted by atomic mass is 10.1. The van der Waals surface area contributed by atoms with Crippen molar-refractivity contribution in [2.24, 2.45) is 0 Å². The first kappa shape index (κ1) is 16.4. The van der Waals surface area contributed by atoms with Crippen molar-refractivity contribution in [2.75, 3.05) is 7.11 Å². The molecule has 0 fully saturated rings. The van der Waals surface area contributed by atoms with Gasteiger partial charge < -0.3 is 4.74 Å². The Labute approximate surface area is 108 Å². The summed E-state index contributed by atoms with van der Waals surface area (Å²) in [5.41, 5.74) is 0.239. The molecule has 0 spiro atoms. The van der Waals surface area contributed by atoms with Gasteiger partial charge in [0.2, 0.25) is 5.70 Å². The Balaban J connectivity index is 3.74. The van der Waals surface area contributed by atoms with Gasteiger partial charge >= 0.3 is 5.97 Å². The van der Waals surface area contributed by atoms with E-state index in [0.717, 1.165) is 19.3 Å². The molecule has 0 atom stereocenters. The number of carbonyl (C=O) groups excluding carboxylic acids is 1. The van der Waals surface area contributed by atoms with Gasteiger partial charge in [-0.25, -0.2) is 0 Å². The quantitative estimate of drug-likeness (QED) is 0.208. The van der Waals surface area contributed by atoms with Crippen LogP contribution in [0.3, 0.4) is 0 Å². The molecule has 102 valence electrons. The summed E-state index contributed by atoms with van der Waals surface area (Å²) < 4.78 is 4.52. The van der Waals surface area contributed by atoms with E-state index in [2.05, 4.69) is 4.74 Å². The molecule has 0 aromatic heterocycles. The van der Waals surface area contributed by atoms with Crippen LogP contribution >= 0.6 is 0 Å². The van der Waals surface area contributed by atoms with Crippen molar-refractivity contribution < 1.29 is 14.5 Å². The predicted octanol–water partition coefficient (Wildman–Crippen LogP) is 3.24. The molecule has 0 aliphatic rings. The minimum absolute atomic E-state index is 0.194. The summed E-state index contributed by atoms with van der Waals surface area (Å²) >= 11 is 0. The number of allylic oxidation sites excluding steroid dienone is 3. The van der Waals surface area contributed by atoms with Gasteiger partial charge in [0.15, 0.2) is 0 Å². The molecule has 0 bridgehead atoms. The SMILES string of the molecule is CCC=C(CC=CCCCCC(=O)OC)[N+](=O)[O-]. The van der Waals surface area contributed by atoms with Gasteiger partial charge in [0, 0.05) is 6.42 Å². The van der Waals surface area contributed by atoms with Gasteiger partial charge in [-0.3, -0.25) is 14.9 Å². The topological polar surface area (TPSA) is 69.4 Å². The van der Waals surface area contributed by atoms with Crippen LogP contribution in [0.4, 0.5) is 0 Å². The molecule has 5 heteroatoms. The standard InChI is InChI=1S/C13H21NO4/c1-3-9-12(14(16)17)10-7-5-4-6-8-11-13(15)18-2/h5,7,9H,3-4,6,8,10-11H2,1-2H3. The lowest BCUT2D eigenvalue weighted by molar-refractivity contribution is -0.427. The zero-order valence-electron chi connectivity index (χ0n) is 11.1. The molecule has 0 radical (unpaired) electrons. The fourth-order valence-electron chi connectivity index (χ4n) is 1.42. The largest absolute Gasteiger partial charge is 0.469 e. The number of carbonyl (C=O) groups is 1. The molecule has 0 rings (SSSR count). The summed E-state index contributed by atoms with van der Waals surface area (Å²) in [6.45, 7) is 1.88. The first-order valence-electron chi connectivity index (χ1n) is 6.17. The van der Waals surface area contributed by atoms with Crippen molar-refractivity contribution in [1.29, 1.82) is 0 Å². The van der Waals surface area contributed by atoms with E-state index in [-0.39, 0.29) is 16.6 Å². The van der Waals surface area contributed by atoms with Crippen LogP contribution in [0.25, 0.3) is 0 Å². The molecule has 0 aliphatic heterocycles. The van der Waals surface area contributed by atoms with Crippen LogP contribution in [0.5, 0.6) is 0 Å². The number of hydrogen-bond donors (Lipinski definition) is 0. The minimum atomic E-state index is -0.342. The summed E-state index contributed by atoms with van der Waals surface area (Å²) in [7, 11) is 1.38. The average molecular weight is 255 g/mol. The molecule has 0 unspecified atom stereocenters. The fourth-order valence-corrected chi connectivity index (χ4v) is 1.42. The molecule has 0 aromatic rings. The monoisotopic (exact) mass is 255 g/mol. The van der Waals surface area contributed by atoms with E-state index >= 15 is 0 Å². The van der Waals surface area contributed by atoms with Gasteiger partial charge in [0.1, 0.15) is 0 Å². The Morgan fingerprint density at radius 3 is 2.61 bits per heavy atom. The molecule has 0 saturated heterocycles. The third-order valence-electron chi connectivity index (χ3n) is 2.40. The van der Waals surface area contributed by atoms with Gasteiger partial charge in [-0.1, -0.05) is 19.1 Å². The van der Waals surface area contributed by atoms with E-state index in [1.807, 2.05) is 19.1 Å². The van der Waals surface area contributed by atoms with Crippen LogP contribution in [0, 0.1) is 10.1 Å². The van der Waals surface area contributed by atoms with E-state index in [4.69, 9.17) is 0 Å². The fraction of sp³-hybridized carbons (Fsp3) is 0.615. The highest BCUT2D eigenvalue weighted by molar-refractivity contribution is 5.68. The first-order valence-corrected chi connectivity index (χ1v) is 6.17. The second kappa shape index (κ2) is 10.5. The summed E-state index contributed by atoms with van der Waals surface area (Å²) in [5.74, 6) is -0.194. The number of hydrogen-bond acceptors (Lipinski definition) is 4. The number of nitrogens with zero attached hydrogens (tertiary/aromatic N) is 1. The summed E-state index contributed by atoms with van der Waals surface area (Å²) in [6.07, 6.45) is 9.31. The zero-order chi connectivity index (χ0) is 13.8. The molecular formula is C13H21NO4. The van der Waals surface area contributed by atoms with Crippen molar-refractivity contribution >= 4 is 5.97 Å². The average Bonchev–Trinajstić information content (AvgIpc) is 2.35. The van der Waals surface area contributed by atoms with Crippen LogP contribution < -0.4 is 0 Å². The van der Waals surface area contributed by atoms with Gasteiger partial charge in [-0.05, 0) is 31.8 Å². The Hall–Kier alpha value is -1.65. The predicted molar refractivity (Wildman–Crippen MR) is 69.6 cm³/mol. The van der Waals surface area contributed by atoms with Crippen molar-refractivity contribution in [3.8, 4) is 0 Å². The molecule has 5 nitrogen and oxygen atoms in total. The van der Waals surface area contributed by atoms with Crippen molar-refractivity contribution in [2.45, 2.75) is 45.4 Å². The Morgan fingerprint density at radius 2 is 2.06 bits per heavy atom. The number of nitro groups is 1. The maximum absolute atomic E-state index is 10.8. The maximum Gasteiger partial charge on any atom is 0.305 e. The van der Waals surface area contributed by atoms with E-state index in [1.54, 1.807) is 6.08 Å². The minimum Gasteiger partial charge on any atom is -0.469 e. The van der Waals surface area contributed by atoms with E-state index in [0.29, 0.717) is 19.3 Å². The molecule has 18 heavy (non-hydrogen) atoms. The smallest absolute Gasteiger partial charge is 0.305 e. The normalized spacial score (nSPS) is 11.8. The lowest BCUT2D eigenvalue weighted by Gasteiger charge is -1.97. The second-order valence-corrected chi connectivity index (χ2v) is 3.86. The highest BCUT2D eigenvalue weighted by atomic mass is 16.6. The van der Waals surface area contributed by atoms with Crippen molar-refractivity contribution in [3.05, 3.63) is 34.0 Å². The van der Waals surface area contributed by atoms with Gasteiger partial charge in [0.05, 0.1) is 18.5 Å². The Morgan fingerprint density at radius 1 is 1.33 bits per heavy atom. The Bertz CT molecular complexity index is 321. The number of esters is 1. The number of rotatable bonds is 9. The highest BCUT2D eigenvalue weighted by Crippen LogP contribution is 2.07. The number of methoxy groups -OCH3 is 1. The van der Waals surface area contributed by atoms with Gasteiger partial charge in [-0.2, -0.15) is 0 Å². The second-order valence-electron chi connectivity index (χ2n) is 3.86. The molecule has 0 aromatic carbocycles. The number of ether oxygens (including phenoxy) is 1. The maximum atomic E-state index is 10.8. The van der Waals surface area contributed by atoms with Crippen LogP contribution in [0.1, 0.15) is 45.4 Å². The molecule has 0 aliphatic carbocycles. The van der Waals surface area contributed by atoms with Crippen LogP contribution in [-0.4, -0.2) is 18.0 Å². The summed E-state index contributed by atoms with van der Waals surface area (Å²) in [6, 6.07) is 0. The summed E-state index contributed by atoms with van der Waals surface area (Å²) in [4.78, 5) is 21.1. The van der Waals surface area contributed by atoms with Crippen molar-refractivity contribution in [3.63, 3.8) is 0 Å². The third kappa shape index (κ3) is 8.50. The van der Waals surface area contributed by atoms with E-state index < -0.39 is 0 Å². The molecular weight excluding hydrogens is 234 g/mol. The van der Waals surface area contributed by atoms with Crippen molar-refractivity contribution in [1.82, 2.24) is 0 Å². The van der Waals surface area contributed by atoms with Gasteiger partial charge in [0.25, 0.3) is 0 Å². The van der Waals surface area contributed by atoms with Crippen LogP contribution in [-0.2, 0) is 9.53 Å². The van der Waals surface area contributed by atoms with E-state index in [9.17, 15) is 14.9 Å². The van der Waals surface area contributed by atoms with Crippen LogP contribution in [0.15, 0.2) is 23.9 Å². The highest BCUT2D eigenvalue weighted by Gasteiger charge is 2.05. The molecule has 0 saturated carbocycles. The van der Waals surface area contributed by atoms with Gasteiger partial charge in [-0.15, -0.1) is 0 Å². The molecule has 0 amide bonds. The number of unbranched alkanes of at least 4 members (excludes halogenated alkanes) is 2. The van der Waals surface area contributed by atoms with Crippen LogP contribution in [0.2, 0.25) is 0 Å². The zero-order valence-corrected chi connectivity index (χ0v) is 11.1. The van der Waals surface area contributed by atoms with E-state index in [1.165, 1.54) is 7.11 Å². The Kier molecular flexibility index (Phi) is 9.54. The lowest BCUT2D eigenvalue weighted by Crippen LogP contribution is -1.98. The third-order valence-corrected chi connectivity index (χ3v) is 2.40. The summed E-state index contributed by atoms with van der Waals surface area (Å²) in [5, 5.41) is 10.6. The first-order chi connectivity index (χ1) is 8.61.